The molecule has 2 rings (SSSR count). The van der Waals surface area contributed by atoms with Gasteiger partial charge in [0.15, 0.2) is 0 Å². The number of nitro groups is 1. The van der Waals surface area contributed by atoms with Gasteiger partial charge in [0.2, 0.25) is 0 Å². The quantitative estimate of drug-likeness (QED) is 0.485. The molecule has 0 fully saturated rings. The largest absolute Gasteiger partial charge is 0.417 e. The number of nitrogens with zero attached hydrogens (tertiary/aromatic N) is 2. The van der Waals surface area contributed by atoms with Crippen molar-refractivity contribution in [3.63, 3.8) is 0 Å². The van der Waals surface area contributed by atoms with Crippen LogP contribution in [0.15, 0.2) is 30.5 Å². The maximum atomic E-state index is 12.9. The Morgan fingerprint density at radius 2 is 2.04 bits per heavy atom. The van der Waals surface area contributed by atoms with Crippen LogP contribution >= 0.6 is 11.6 Å². The van der Waals surface area contributed by atoms with Gasteiger partial charge in [-0.05, 0) is 24.6 Å². The minimum Gasteiger partial charge on any atom is -0.344 e. The molecule has 7 nitrogen and oxygen atoms in total. The fourth-order valence-electron chi connectivity index (χ4n) is 2.13. The second kappa shape index (κ2) is 6.63. The van der Waals surface area contributed by atoms with Crippen molar-refractivity contribution in [3.8, 4) is 0 Å². The van der Waals surface area contributed by atoms with Gasteiger partial charge in [0, 0.05) is 6.07 Å². The molecule has 1 heterocycles. The topological polar surface area (TPSA) is 103 Å². The number of carbonyl (C=O) groups is 1. The molecule has 0 spiro atoms. The van der Waals surface area contributed by atoms with E-state index in [1.165, 1.54) is 13.0 Å². The number of hydrogen-bond acceptors (Lipinski definition) is 4. The standard InChI is InChI=1S/C14H12ClF3N4O3/c1-7(8-2-3-11(15)10(4-8)14(16,17)18)20-13(23)12-5-9(22(24)25)6-21(12)19/h2-7H,19H2,1H3,(H,20,23)/t7-/m1/s1. The van der Waals surface area contributed by atoms with Crippen LogP contribution in [0.1, 0.15) is 34.6 Å². The van der Waals surface area contributed by atoms with Gasteiger partial charge in [-0.2, -0.15) is 13.2 Å². The summed E-state index contributed by atoms with van der Waals surface area (Å²) in [6.45, 7) is 1.46. The van der Waals surface area contributed by atoms with Gasteiger partial charge in [0.25, 0.3) is 11.6 Å². The van der Waals surface area contributed by atoms with Crippen LogP contribution in [-0.4, -0.2) is 15.5 Å². The Balaban J connectivity index is 2.24. The number of benzene rings is 1. The third-order valence-electron chi connectivity index (χ3n) is 3.42. The van der Waals surface area contributed by atoms with Gasteiger partial charge in [0.05, 0.1) is 21.6 Å². The Morgan fingerprint density at radius 1 is 1.40 bits per heavy atom. The van der Waals surface area contributed by atoms with Crippen molar-refractivity contribution < 1.29 is 22.9 Å². The number of hydrogen-bond donors (Lipinski definition) is 2. The molecule has 0 unspecified atom stereocenters. The fraction of sp³-hybridized carbons (Fsp3) is 0.214. The normalized spacial score (nSPS) is 12.7. The van der Waals surface area contributed by atoms with Crippen LogP contribution in [0.5, 0.6) is 0 Å². The van der Waals surface area contributed by atoms with Gasteiger partial charge in [-0.15, -0.1) is 0 Å². The van der Waals surface area contributed by atoms with Gasteiger partial charge in [-0.3, -0.25) is 19.6 Å². The summed E-state index contributed by atoms with van der Waals surface area (Å²) in [5, 5.41) is 12.7. The lowest BCUT2D eigenvalue weighted by Crippen LogP contribution is -2.30. The maximum absolute atomic E-state index is 12.9. The first kappa shape index (κ1) is 18.6. The number of rotatable bonds is 4. The molecule has 1 atom stereocenters. The smallest absolute Gasteiger partial charge is 0.344 e. The highest BCUT2D eigenvalue weighted by Crippen LogP contribution is 2.36. The van der Waals surface area contributed by atoms with Crippen molar-refractivity contribution in [3.05, 3.63) is 62.4 Å². The molecule has 0 aliphatic carbocycles. The minimum atomic E-state index is -4.64. The molecular weight excluding hydrogens is 365 g/mol. The summed E-state index contributed by atoms with van der Waals surface area (Å²) in [6, 6.07) is 3.40. The Kier molecular flexibility index (Phi) is 4.93. The lowest BCUT2D eigenvalue weighted by atomic mass is 10.0. The van der Waals surface area contributed by atoms with Crippen molar-refractivity contribution in [2.45, 2.75) is 19.1 Å². The molecule has 11 heteroatoms. The zero-order valence-electron chi connectivity index (χ0n) is 12.7. The van der Waals surface area contributed by atoms with E-state index < -0.39 is 33.6 Å². The van der Waals surface area contributed by atoms with E-state index in [9.17, 15) is 28.1 Å². The summed E-state index contributed by atoms with van der Waals surface area (Å²) >= 11 is 5.55. The van der Waals surface area contributed by atoms with E-state index in [-0.39, 0.29) is 16.9 Å². The van der Waals surface area contributed by atoms with Gasteiger partial charge < -0.3 is 11.2 Å². The van der Waals surface area contributed by atoms with Crippen molar-refractivity contribution in [1.82, 2.24) is 9.99 Å². The predicted molar refractivity (Wildman–Crippen MR) is 83.6 cm³/mol. The zero-order valence-corrected chi connectivity index (χ0v) is 13.4. The monoisotopic (exact) mass is 376 g/mol. The average molecular weight is 377 g/mol. The van der Waals surface area contributed by atoms with E-state index in [1.807, 2.05) is 0 Å². The van der Waals surface area contributed by atoms with E-state index in [1.54, 1.807) is 0 Å². The minimum absolute atomic E-state index is 0.162. The molecule has 25 heavy (non-hydrogen) atoms. The molecule has 0 aliphatic heterocycles. The fourth-order valence-corrected chi connectivity index (χ4v) is 2.35. The number of carbonyl (C=O) groups excluding carboxylic acids is 1. The number of nitrogens with one attached hydrogen (secondary N) is 1. The zero-order chi connectivity index (χ0) is 18.9. The summed E-state index contributed by atoms with van der Waals surface area (Å²) in [6.07, 6.45) is -3.69. The number of halogens is 4. The third-order valence-corrected chi connectivity index (χ3v) is 3.75. The van der Waals surface area contributed by atoms with E-state index in [0.717, 1.165) is 29.1 Å². The highest BCUT2D eigenvalue weighted by Gasteiger charge is 2.33. The molecule has 0 saturated carbocycles. The average Bonchev–Trinajstić information content (AvgIpc) is 2.88. The molecular formula is C14H12ClF3N4O3. The van der Waals surface area contributed by atoms with E-state index in [4.69, 9.17) is 17.4 Å². The summed E-state index contributed by atoms with van der Waals surface area (Å²) in [7, 11) is 0. The van der Waals surface area contributed by atoms with Crippen LogP contribution in [0.2, 0.25) is 5.02 Å². The number of aromatic nitrogens is 1. The Labute approximate surface area is 144 Å². The van der Waals surface area contributed by atoms with E-state index >= 15 is 0 Å². The van der Waals surface area contributed by atoms with Crippen LogP contribution in [0.25, 0.3) is 0 Å². The van der Waals surface area contributed by atoms with Gasteiger partial charge in [0.1, 0.15) is 11.9 Å². The Bertz CT molecular complexity index is 835. The summed E-state index contributed by atoms with van der Waals surface area (Å²) in [5.41, 5.74) is -1.45. The van der Waals surface area contributed by atoms with Gasteiger partial charge in [-0.1, -0.05) is 17.7 Å². The van der Waals surface area contributed by atoms with Crippen molar-refractivity contribution in [2.75, 3.05) is 5.84 Å². The van der Waals surface area contributed by atoms with Crippen molar-refractivity contribution in [2.24, 2.45) is 0 Å². The number of alkyl halides is 3. The lowest BCUT2D eigenvalue weighted by Gasteiger charge is -2.17. The SMILES string of the molecule is C[C@@H](NC(=O)c1cc([N+](=O)[O-])cn1N)c1ccc(Cl)c(C(F)(F)F)c1. The number of nitrogens with two attached hydrogens (primary N) is 1. The molecule has 3 N–H and O–H groups in total. The molecule has 0 radical (unpaired) electrons. The second-order valence-electron chi connectivity index (χ2n) is 5.18. The Hall–Kier alpha value is -2.75. The summed E-state index contributed by atoms with van der Waals surface area (Å²) < 4.78 is 39.5. The molecule has 1 amide bonds. The molecule has 0 saturated heterocycles. The first-order valence-corrected chi connectivity index (χ1v) is 7.18. The lowest BCUT2D eigenvalue weighted by molar-refractivity contribution is -0.384. The van der Waals surface area contributed by atoms with E-state index in [0.29, 0.717) is 0 Å². The van der Waals surface area contributed by atoms with Crippen LogP contribution in [0.4, 0.5) is 18.9 Å². The molecule has 2 aromatic rings. The van der Waals surface area contributed by atoms with Gasteiger partial charge >= 0.3 is 6.18 Å². The highest BCUT2D eigenvalue weighted by atomic mass is 35.5. The van der Waals surface area contributed by atoms with E-state index in [2.05, 4.69) is 5.32 Å². The molecule has 0 bridgehead atoms. The molecule has 134 valence electrons. The molecule has 1 aromatic carbocycles. The first-order valence-electron chi connectivity index (χ1n) is 6.80. The summed E-state index contributed by atoms with van der Waals surface area (Å²) in [4.78, 5) is 22.1. The van der Waals surface area contributed by atoms with Crippen molar-refractivity contribution in [1.29, 1.82) is 0 Å². The van der Waals surface area contributed by atoms with Crippen LogP contribution in [0, 0.1) is 10.1 Å². The summed E-state index contributed by atoms with van der Waals surface area (Å²) in [5.74, 6) is 4.71. The first-order chi connectivity index (χ1) is 11.5. The number of amides is 1. The van der Waals surface area contributed by atoms with Crippen LogP contribution in [0.3, 0.4) is 0 Å². The Morgan fingerprint density at radius 3 is 2.56 bits per heavy atom. The second-order valence-corrected chi connectivity index (χ2v) is 5.59. The van der Waals surface area contributed by atoms with Crippen LogP contribution in [-0.2, 0) is 6.18 Å². The molecule has 0 aliphatic rings. The number of nitrogen functional groups attached to an aromatic ring is 1. The van der Waals surface area contributed by atoms with Crippen molar-refractivity contribution >= 4 is 23.2 Å². The van der Waals surface area contributed by atoms with Crippen LogP contribution < -0.4 is 11.2 Å². The molecule has 1 aromatic heterocycles. The maximum Gasteiger partial charge on any atom is 0.417 e. The van der Waals surface area contributed by atoms with Gasteiger partial charge in [-0.25, -0.2) is 0 Å². The predicted octanol–water partition coefficient (Wildman–Crippen LogP) is 3.27. The highest BCUT2D eigenvalue weighted by molar-refractivity contribution is 6.31. The third kappa shape index (κ3) is 4.02.